The third kappa shape index (κ3) is 4.84. The van der Waals surface area contributed by atoms with Crippen LogP contribution < -0.4 is 4.74 Å². The van der Waals surface area contributed by atoms with Crippen LogP contribution in [-0.4, -0.2) is 61.2 Å². The van der Waals surface area contributed by atoms with Gasteiger partial charge in [0.05, 0.1) is 9.82 Å². The van der Waals surface area contributed by atoms with E-state index in [4.69, 9.17) is 16.3 Å². The monoisotopic (exact) mass is 439 g/mol. The molecule has 29 heavy (non-hydrogen) atoms. The number of carbonyl (C=O) groups is 1. The summed E-state index contributed by atoms with van der Waals surface area (Å²) in [6.45, 7) is 0.316. The van der Waals surface area contributed by atoms with Gasteiger partial charge < -0.3 is 9.64 Å². The topological polar surface area (TPSA) is 110 Å². The molecule has 9 nitrogen and oxygen atoms in total. The van der Waals surface area contributed by atoms with Gasteiger partial charge in [-0.1, -0.05) is 23.7 Å². The number of nitro benzene ring substituents is 1. The van der Waals surface area contributed by atoms with E-state index in [2.05, 4.69) is 0 Å². The van der Waals surface area contributed by atoms with Gasteiger partial charge in [-0.05, 0) is 30.3 Å². The number of nitro groups is 1. The van der Waals surface area contributed by atoms with Crippen molar-refractivity contribution in [3.8, 4) is 5.75 Å². The van der Waals surface area contributed by atoms with Crippen molar-refractivity contribution in [3.63, 3.8) is 0 Å². The summed E-state index contributed by atoms with van der Waals surface area (Å²) in [5.41, 5.74) is -0.223. The molecule has 1 fully saturated rings. The molecule has 154 valence electrons. The first-order valence-corrected chi connectivity index (χ1v) is 10.5. The summed E-state index contributed by atoms with van der Waals surface area (Å²) >= 11 is 5.80. The lowest BCUT2D eigenvalue weighted by Crippen LogP contribution is -2.51. The standard InChI is InChI=1S/C18H18ClN3O6S/c19-14-5-7-15(8-6-14)29(26,27)21-11-9-20(10-12-21)18(23)13-28-17-4-2-1-3-16(17)22(24)25/h1-8H,9-13H2. The number of rotatable bonds is 6. The Bertz CT molecular complexity index is 1000. The predicted octanol–water partition coefficient (Wildman–Crippen LogP) is 2.16. The van der Waals surface area contributed by atoms with Crippen LogP contribution in [0.25, 0.3) is 0 Å². The van der Waals surface area contributed by atoms with Crippen LogP contribution in [0.4, 0.5) is 5.69 Å². The molecule has 0 atom stereocenters. The number of halogens is 1. The average molecular weight is 440 g/mol. The fraction of sp³-hybridized carbons (Fsp3) is 0.278. The molecule has 1 saturated heterocycles. The highest BCUT2D eigenvalue weighted by Crippen LogP contribution is 2.26. The maximum Gasteiger partial charge on any atom is 0.310 e. The number of carbonyl (C=O) groups excluding carboxylic acids is 1. The lowest BCUT2D eigenvalue weighted by molar-refractivity contribution is -0.385. The van der Waals surface area contributed by atoms with Crippen LogP contribution in [0.5, 0.6) is 5.75 Å². The Hall–Kier alpha value is -2.69. The molecule has 11 heteroatoms. The van der Waals surface area contributed by atoms with Gasteiger partial charge in [0.15, 0.2) is 12.4 Å². The predicted molar refractivity (Wildman–Crippen MR) is 105 cm³/mol. The average Bonchev–Trinajstić information content (AvgIpc) is 2.72. The van der Waals surface area contributed by atoms with E-state index in [1.165, 1.54) is 51.7 Å². The summed E-state index contributed by atoms with van der Waals surface area (Å²) < 4.78 is 32.0. The smallest absolute Gasteiger partial charge is 0.310 e. The van der Waals surface area contributed by atoms with Gasteiger partial charge in [0.25, 0.3) is 5.91 Å². The van der Waals surface area contributed by atoms with Gasteiger partial charge in [-0.15, -0.1) is 0 Å². The van der Waals surface area contributed by atoms with E-state index in [0.29, 0.717) is 5.02 Å². The van der Waals surface area contributed by atoms with Crippen molar-refractivity contribution in [3.05, 3.63) is 63.7 Å². The van der Waals surface area contributed by atoms with Crippen molar-refractivity contribution >= 4 is 33.2 Å². The minimum atomic E-state index is -3.67. The molecular formula is C18H18ClN3O6S. The third-order valence-electron chi connectivity index (χ3n) is 4.46. The summed E-state index contributed by atoms with van der Waals surface area (Å²) in [5.74, 6) is -0.360. The molecule has 0 bridgehead atoms. The fourth-order valence-corrected chi connectivity index (χ4v) is 4.44. The molecule has 0 unspecified atom stereocenters. The lowest BCUT2D eigenvalue weighted by Gasteiger charge is -2.33. The zero-order chi connectivity index (χ0) is 21.0. The molecule has 1 heterocycles. The summed E-state index contributed by atoms with van der Waals surface area (Å²) in [4.78, 5) is 24.4. The van der Waals surface area contributed by atoms with Crippen LogP contribution >= 0.6 is 11.6 Å². The fourth-order valence-electron chi connectivity index (χ4n) is 2.89. The molecule has 0 N–H and O–H groups in total. The van der Waals surface area contributed by atoms with Crippen molar-refractivity contribution in [2.45, 2.75) is 4.90 Å². The number of piperazine rings is 1. The van der Waals surface area contributed by atoms with E-state index < -0.39 is 14.9 Å². The number of ether oxygens (including phenoxy) is 1. The van der Waals surface area contributed by atoms with E-state index >= 15 is 0 Å². The number of benzene rings is 2. The molecule has 0 aliphatic carbocycles. The van der Waals surface area contributed by atoms with Crippen molar-refractivity contribution in [2.24, 2.45) is 0 Å². The Morgan fingerprint density at radius 3 is 2.31 bits per heavy atom. The first kappa shape index (κ1) is 21.0. The van der Waals surface area contributed by atoms with Crippen LogP contribution in [0.15, 0.2) is 53.4 Å². The molecule has 0 spiro atoms. The Morgan fingerprint density at radius 2 is 1.69 bits per heavy atom. The highest BCUT2D eigenvalue weighted by Gasteiger charge is 2.30. The van der Waals surface area contributed by atoms with Gasteiger partial charge in [0, 0.05) is 37.3 Å². The van der Waals surface area contributed by atoms with Gasteiger partial charge in [0.1, 0.15) is 0 Å². The van der Waals surface area contributed by atoms with Crippen LogP contribution in [0.3, 0.4) is 0 Å². The number of nitrogens with zero attached hydrogens (tertiary/aromatic N) is 3. The molecule has 1 aliphatic rings. The molecule has 2 aromatic carbocycles. The van der Waals surface area contributed by atoms with Crippen molar-refractivity contribution in [1.82, 2.24) is 9.21 Å². The molecule has 1 amide bonds. The Morgan fingerprint density at radius 1 is 1.07 bits per heavy atom. The van der Waals surface area contributed by atoms with Crippen molar-refractivity contribution < 1.29 is 22.9 Å². The maximum atomic E-state index is 12.7. The zero-order valence-corrected chi connectivity index (χ0v) is 16.8. The van der Waals surface area contributed by atoms with E-state index in [9.17, 15) is 23.3 Å². The SMILES string of the molecule is O=C(COc1ccccc1[N+](=O)[O-])N1CCN(S(=O)(=O)c2ccc(Cl)cc2)CC1. The minimum Gasteiger partial charge on any atom is -0.477 e. The summed E-state index contributed by atoms with van der Waals surface area (Å²) in [6.07, 6.45) is 0. The maximum absolute atomic E-state index is 12.7. The second-order valence-electron chi connectivity index (χ2n) is 6.25. The number of sulfonamides is 1. The Balaban J connectivity index is 1.57. The number of hydrogen-bond donors (Lipinski definition) is 0. The van der Waals surface area contributed by atoms with Crippen LogP contribution in [0.1, 0.15) is 0 Å². The number of amides is 1. The Kier molecular flexibility index (Phi) is 6.36. The van der Waals surface area contributed by atoms with Gasteiger partial charge in [-0.25, -0.2) is 8.42 Å². The van der Waals surface area contributed by atoms with Gasteiger partial charge in [-0.2, -0.15) is 4.31 Å². The van der Waals surface area contributed by atoms with Crippen LogP contribution in [0.2, 0.25) is 5.02 Å². The second kappa shape index (κ2) is 8.76. The Labute approximate surface area is 172 Å². The van der Waals surface area contributed by atoms with E-state index in [-0.39, 0.29) is 55.0 Å². The first-order chi connectivity index (χ1) is 13.8. The number of para-hydroxylation sites is 2. The largest absolute Gasteiger partial charge is 0.477 e. The highest BCUT2D eigenvalue weighted by atomic mass is 35.5. The summed E-state index contributed by atoms with van der Waals surface area (Å²) in [5, 5.41) is 11.4. The molecule has 0 aromatic heterocycles. The van der Waals surface area contributed by atoms with Gasteiger partial charge >= 0.3 is 5.69 Å². The molecule has 0 radical (unpaired) electrons. The molecule has 2 aromatic rings. The molecule has 3 rings (SSSR count). The molecular weight excluding hydrogens is 422 g/mol. The molecule has 1 aliphatic heterocycles. The lowest BCUT2D eigenvalue weighted by atomic mass is 10.3. The molecule has 0 saturated carbocycles. The quantitative estimate of drug-likeness (QED) is 0.504. The number of hydrogen-bond acceptors (Lipinski definition) is 6. The zero-order valence-electron chi connectivity index (χ0n) is 15.2. The van der Waals surface area contributed by atoms with Gasteiger partial charge in [0.2, 0.25) is 10.0 Å². The summed E-state index contributed by atoms with van der Waals surface area (Å²) in [7, 11) is -3.67. The second-order valence-corrected chi connectivity index (χ2v) is 8.63. The van der Waals surface area contributed by atoms with E-state index in [1.807, 2.05) is 0 Å². The highest BCUT2D eigenvalue weighted by molar-refractivity contribution is 7.89. The van der Waals surface area contributed by atoms with Crippen LogP contribution in [-0.2, 0) is 14.8 Å². The first-order valence-electron chi connectivity index (χ1n) is 8.69. The normalized spacial score (nSPS) is 15.1. The van der Waals surface area contributed by atoms with Crippen LogP contribution in [0, 0.1) is 10.1 Å². The summed E-state index contributed by atoms with van der Waals surface area (Å²) in [6, 6.07) is 11.7. The van der Waals surface area contributed by atoms with E-state index in [0.717, 1.165) is 0 Å². The van der Waals surface area contributed by atoms with E-state index in [1.54, 1.807) is 6.07 Å². The minimum absolute atomic E-state index is 0.00908. The van der Waals surface area contributed by atoms with Crippen molar-refractivity contribution in [2.75, 3.05) is 32.8 Å². The van der Waals surface area contributed by atoms with Gasteiger partial charge in [-0.3, -0.25) is 14.9 Å². The van der Waals surface area contributed by atoms with Crippen molar-refractivity contribution in [1.29, 1.82) is 0 Å². The third-order valence-corrected chi connectivity index (χ3v) is 6.62.